The lowest BCUT2D eigenvalue weighted by atomic mass is 10.4. The van der Waals surface area contributed by atoms with Gasteiger partial charge in [0, 0.05) is 6.54 Å². The molecule has 82 valence electrons. The van der Waals surface area contributed by atoms with Gasteiger partial charge in [-0.3, -0.25) is 4.90 Å². The normalized spacial score (nSPS) is 21.9. The van der Waals surface area contributed by atoms with Gasteiger partial charge in [0.05, 0.1) is 18.1 Å². The molecule has 0 N–H and O–H groups in total. The molecule has 0 aromatic heterocycles. The third kappa shape index (κ3) is 3.19. The van der Waals surface area contributed by atoms with E-state index in [9.17, 15) is 0 Å². The van der Waals surface area contributed by atoms with Gasteiger partial charge in [-0.2, -0.15) is 0 Å². The maximum Gasteiger partial charge on any atom is 0.0799 e. The summed E-state index contributed by atoms with van der Waals surface area (Å²) in [5, 5.41) is 0. The van der Waals surface area contributed by atoms with E-state index in [1.807, 2.05) is 0 Å². The van der Waals surface area contributed by atoms with E-state index in [-0.39, 0.29) is 0 Å². The molecule has 0 spiro atoms. The second-order valence-corrected chi connectivity index (χ2v) is 4.73. The summed E-state index contributed by atoms with van der Waals surface area (Å²) in [7, 11) is 0. The molecule has 0 aliphatic carbocycles. The van der Waals surface area contributed by atoms with Gasteiger partial charge in [0.1, 0.15) is 0 Å². The van der Waals surface area contributed by atoms with Crippen molar-refractivity contribution in [2.45, 2.75) is 25.7 Å². The molecule has 2 nitrogen and oxygen atoms in total. The molecule has 0 aromatic carbocycles. The molecular weight excluding hydrogens is 204 g/mol. The molecule has 2 aliphatic heterocycles. The van der Waals surface area contributed by atoms with Crippen LogP contribution in [-0.2, 0) is 0 Å². The highest BCUT2D eigenvalue weighted by Gasteiger charge is 2.14. The van der Waals surface area contributed by atoms with Gasteiger partial charge < -0.3 is 4.90 Å². The van der Waals surface area contributed by atoms with Crippen LogP contribution in [0.3, 0.4) is 0 Å². The average Bonchev–Trinajstić information content (AvgIpc) is 2.85. The fourth-order valence-corrected chi connectivity index (χ4v) is 2.43. The lowest BCUT2D eigenvalue weighted by Gasteiger charge is -2.13. The number of nitrogens with zero attached hydrogens (tertiary/aromatic N) is 2. The molecule has 0 saturated carbocycles. The van der Waals surface area contributed by atoms with Crippen LogP contribution >= 0.6 is 12.2 Å². The van der Waals surface area contributed by atoms with Gasteiger partial charge in [-0.15, -0.1) is 0 Å². The minimum Gasteiger partial charge on any atom is -0.355 e. The van der Waals surface area contributed by atoms with Crippen molar-refractivity contribution >= 4 is 17.2 Å². The first-order valence-electron chi connectivity index (χ1n) is 5.82. The first-order valence-corrected chi connectivity index (χ1v) is 6.23. The topological polar surface area (TPSA) is 6.48 Å². The lowest BCUT2D eigenvalue weighted by Crippen LogP contribution is -2.24. The first kappa shape index (κ1) is 10.9. The van der Waals surface area contributed by atoms with Crippen LogP contribution in [0.5, 0.6) is 0 Å². The zero-order chi connectivity index (χ0) is 10.5. The highest BCUT2D eigenvalue weighted by Crippen LogP contribution is 2.10. The smallest absolute Gasteiger partial charge is 0.0799 e. The lowest BCUT2D eigenvalue weighted by molar-refractivity contribution is 0.383. The maximum atomic E-state index is 5.25. The Balaban J connectivity index is 1.68. The molecule has 0 aromatic rings. The zero-order valence-electron chi connectivity index (χ0n) is 9.17. The Morgan fingerprint density at radius 1 is 1.00 bits per heavy atom. The Kier molecular flexibility index (Phi) is 3.99. The van der Waals surface area contributed by atoms with Crippen LogP contribution in [0.4, 0.5) is 0 Å². The minimum atomic E-state index is 0.840. The predicted octanol–water partition coefficient (Wildman–Crippen LogP) is 1.51. The van der Waals surface area contributed by atoms with E-state index in [2.05, 4.69) is 21.6 Å². The molecule has 3 heteroatoms. The van der Waals surface area contributed by atoms with E-state index in [0.717, 1.165) is 31.0 Å². The number of hydrogen-bond donors (Lipinski definition) is 0. The van der Waals surface area contributed by atoms with Gasteiger partial charge in [-0.25, -0.2) is 0 Å². The largest absolute Gasteiger partial charge is 0.355 e. The molecule has 0 amide bonds. The molecule has 2 rings (SSSR count). The quantitative estimate of drug-likeness (QED) is 0.516. The van der Waals surface area contributed by atoms with Gasteiger partial charge in [0.25, 0.3) is 0 Å². The molecule has 0 atom stereocenters. The molecule has 2 aliphatic rings. The Hall–Kier alpha value is -0.590. The van der Waals surface area contributed by atoms with Crippen LogP contribution in [0.25, 0.3) is 0 Å². The summed E-state index contributed by atoms with van der Waals surface area (Å²) < 4.78 is 0. The molecule has 2 heterocycles. The summed E-state index contributed by atoms with van der Waals surface area (Å²) in [4.78, 5) is 5.76. The van der Waals surface area contributed by atoms with Crippen molar-refractivity contribution in [2.24, 2.45) is 0 Å². The second-order valence-electron chi connectivity index (χ2n) is 4.26. The summed E-state index contributed by atoms with van der Waals surface area (Å²) >= 11 is 5.25. The third-order valence-corrected chi connectivity index (χ3v) is 3.53. The van der Waals surface area contributed by atoms with E-state index >= 15 is 0 Å². The molecule has 0 bridgehead atoms. The standard InChI is InChI=1S/C12H18N2S/c15-12-6-5-11-14(12)10-4-3-9-13-7-1-2-8-13/h1-2,5-11H2. The van der Waals surface area contributed by atoms with Crippen molar-refractivity contribution in [3.8, 4) is 11.8 Å². The summed E-state index contributed by atoms with van der Waals surface area (Å²) in [6, 6.07) is 0. The summed E-state index contributed by atoms with van der Waals surface area (Å²) in [5.41, 5.74) is 0. The van der Waals surface area contributed by atoms with Crippen LogP contribution in [0.1, 0.15) is 25.7 Å². The van der Waals surface area contributed by atoms with E-state index in [0.29, 0.717) is 0 Å². The first-order chi connectivity index (χ1) is 7.36. The summed E-state index contributed by atoms with van der Waals surface area (Å²) in [6.45, 7) is 5.36. The van der Waals surface area contributed by atoms with Crippen molar-refractivity contribution in [2.75, 3.05) is 32.7 Å². The Bertz CT molecular complexity index is 284. The third-order valence-electron chi connectivity index (χ3n) is 3.07. The number of rotatable bonds is 2. The number of likely N-dealkylation sites (tertiary alicyclic amines) is 2. The monoisotopic (exact) mass is 222 g/mol. The Morgan fingerprint density at radius 2 is 1.73 bits per heavy atom. The second kappa shape index (κ2) is 5.48. The highest BCUT2D eigenvalue weighted by molar-refractivity contribution is 7.80. The molecular formula is C12H18N2S. The summed E-state index contributed by atoms with van der Waals surface area (Å²) in [5.74, 6) is 6.48. The molecule has 0 radical (unpaired) electrons. The predicted molar refractivity (Wildman–Crippen MR) is 66.9 cm³/mol. The molecule has 15 heavy (non-hydrogen) atoms. The maximum absolute atomic E-state index is 5.25. The fourth-order valence-electron chi connectivity index (χ4n) is 2.13. The van der Waals surface area contributed by atoms with E-state index in [1.54, 1.807) is 0 Å². The summed E-state index contributed by atoms with van der Waals surface area (Å²) in [6.07, 6.45) is 4.99. The van der Waals surface area contributed by atoms with Crippen molar-refractivity contribution < 1.29 is 0 Å². The van der Waals surface area contributed by atoms with Crippen molar-refractivity contribution in [1.29, 1.82) is 0 Å². The van der Waals surface area contributed by atoms with Gasteiger partial charge in [0.15, 0.2) is 0 Å². The van der Waals surface area contributed by atoms with Crippen LogP contribution in [-0.4, -0.2) is 47.5 Å². The van der Waals surface area contributed by atoms with Crippen LogP contribution in [0.15, 0.2) is 0 Å². The van der Waals surface area contributed by atoms with Gasteiger partial charge in [0.2, 0.25) is 0 Å². The van der Waals surface area contributed by atoms with E-state index < -0.39 is 0 Å². The zero-order valence-corrected chi connectivity index (χ0v) is 9.98. The van der Waals surface area contributed by atoms with Gasteiger partial charge >= 0.3 is 0 Å². The molecule has 2 saturated heterocycles. The fraction of sp³-hybridized carbons (Fsp3) is 0.750. The molecule has 0 unspecified atom stereocenters. The SMILES string of the molecule is S=C1CCCN1CC#CCN1CCCC1. The van der Waals surface area contributed by atoms with Gasteiger partial charge in [-0.1, -0.05) is 24.1 Å². The van der Waals surface area contributed by atoms with Crippen LogP contribution in [0, 0.1) is 11.8 Å². The Labute approximate surface area is 97.6 Å². The highest BCUT2D eigenvalue weighted by atomic mass is 32.1. The van der Waals surface area contributed by atoms with Crippen LogP contribution < -0.4 is 0 Å². The van der Waals surface area contributed by atoms with Crippen LogP contribution in [0.2, 0.25) is 0 Å². The number of hydrogen-bond acceptors (Lipinski definition) is 2. The van der Waals surface area contributed by atoms with E-state index in [1.165, 1.54) is 32.4 Å². The molecule has 2 fully saturated rings. The van der Waals surface area contributed by atoms with Crippen molar-refractivity contribution in [3.63, 3.8) is 0 Å². The minimum absolute atomic E-state index is 0.840. The number of thiocarbonyl (C=S) groups is 1. The Morgan fingerprint density at radius 3 is 2.40 bits per heavy atom. The average molecular weight is 222 g/mol. The van der Waals surface area contributed by atoms with Crippen molar-refractivity contribution in [3.05, 3.63) is 0 Å². The van der Waals surface area contributed by atoms with E-state index in [4.69, 9.17) is 12.2 Å². The van der Waals surface area contributed by atoms with Crippen molar-refractivity contribution in [1.82, 2.24) is 9.80 Å². The van der Waals surface area contributed by atoms with Gasteiger partial charge in [-0.05, 0) is 38.8 Å².